The van der Waals surface area contributed by atoms with Gasteiger partial charge in [0.2, 0.25) is 11.8 Å². The highest BCUT2D eigenvalue weighted by Gasteiger charge is 2.26. The maximum atomic E-state index is 11.9. The monoisotopic (exact) mass is 312 g/mol. The van der Waals surface area contributed by atoms with Crippen molar-refractivity contribution in [1.29, 1.82) is 0 Å². The lowest BCUT2D eigenvalue weighted by Crippen LogP contribution is -2.46. The Hall–Kier alpha value is -1.14. The fourth-order valence-corrected chi connectivity index (χ4v) is 3.34. The molecule has 2 saturated carbocycles. The molecule has 0 aromatic heterocycles. The first-order valence-electron chi connectivity index (χ1n) is 8.51. The summed E-state index contributed by atoms with van der Waals surface area (Å²) in [4.78, 5) is 23.7. The summed E-state index contributed by atoms with van der Waals surface area (Å²) in [6, 6.07) is -0.353. The summed E-state index contributed by atoms with van der Waals surface area (Å²) in [6.07, 6.45) is 6.39. The van der Waals surface area contributed by atoms with Gasteiger partial charge < -0.3 is 20.8 Å². The largest absolute Gasteiger partial charge is 0.391 e. The molecule has 2 fully saturated rings. The van der Waals surface area contributed by atoms with Crippen LogP contribution in [-0.2, 0) is 9.59 Å². The normalized spacial score (nSPS) is 32.3. The highest BCUT2D eigenvalue weighted by molar-refractivity contribution is 5.84. The molecule has 0 aliphatic heterocycles. The predicted molar refractivity (Wildman–Crippen MR) is 82.0 cm³/mol. The van der Waals surface area contributed by atoms with Gasteiger partial charge in [0.1, 0.15) is 0 Å². The summed E-state index contributed by atoms with van der Waals surface area (Å²) >= 11 is 0. The van der Waals surface area contributed by atoms with E-state index in [2.05, 4.69) is 10.6 Å². The Morgan fingerprint density at radius 2 is 1.09 bits per heavy atom. The summed E-state index contributed by atoms with van der Waals surface area (Å²) in [6.45, 7) is 0. The van der Waals surface area contributed by atoms with Crippen LogP contribution in [0.2, 0.25) is 0 Å². The molecule has 0 aromatic carbocycles. The number of hydrogen-bond donors (Lipinski definition) is 4. The number of aliphatic hydroxyl groups excluding tert-OH is 2. The van der Waals surface area contributed by atoms with Crippen molar-refractivity contribution in [2.24, 2.45) is 0 Å². The van der Waals surface area contributed by atoms with Crippen LogP contribution in [0.1, 0.15) is 64.2 Å². The van der Waals surface area contributed by atoms with Crippen LogP contribution in [0.5, 0.6) is 0 Å². The van der Waals surface area contributed by atoms with E-state index in [1.807, 2.05) is 0 Å². The fourth-order valence-electron chi connectivity index (χ4n) is 3.34. The second-order valence-electron chi connectivity index (χ2n) is 6.55. The SMILES string of the molecule is O=C(CCC(=O)N[C@@H]1CCCC[C@@H]1O)N[C@H]1CCCC[C@H]1O. The zero-order chi connectivity index (χ0) is 15.9. The molecular weight excluding hydrogens is 284 g/mol. The summed E-state index contributed by atoms with van der Waals surface area (Å²) in [5, 5.41) is 25.3. The van der Waals surface area contributed by atoms with E-state index in [1.54, 1.807) is 0 Å². The summed E-state index contributed by atoms with van der Waals surface area (Å²) in [5.41, 5.74) is 0. The molecule has 2 aliphatic rings. The van der Waals surface area contributed by atoms with E-state index < -0.39 is 12.2 Å². The Morgan fingerprint density at radius 3 is 1.45 bits per heavy atom. The number of nitrogens with one attached hydrogen (secondary N) is 2. The van der Waals surface area contributed by atoms with Gasteiger partial charge in [0.15, 0.2) is 0 Å². The molecule has 2 rings (SSSR count). The highest BCUT2D eigenvalue weighted by Crippen LogP contribution is 2.19. The maximum absolute atomic E-state index is 11.9. The van der Waals surface area contributed by atoms with Crippen molar-refractivity contribution in [3.8, 4) is 0 Å². The lowest BCUT2D eigenvalue weighted by molar-refractivity contribution is -0.128. The number of amides is 2. The molecule has 0 bridgehead atoms. The number of rotatable bonds is 5. The average Bonchev–Trinajstić information content (AvgIpc) is 2.50. The van der Waals surface area contributed by atoms with Gasteiger partial charge in [-0.2, -0.15) is 0 Å². The van der Waals surface area contributed by atoms with Gasteiger partial charge in [0.25, 0.3) is 0 Å². The molecule has 6 nitrogen and oxygen atoms in total. The Bertz CT molecular complexity index is 352. The molecule has 0 heterocycles. The minimum Gasteiger partial charge on any atom is -0.391 e. The second kappa shape index (κ2) is 8.48. The summed E-state index contributed by atoms with van der Waals surface area (Å²) in [7, 11) is 0. The quantitative estimate of drug-likeness (QED) is 0.597. The molecule has 4 N–H and O–H groups in total. The Morgan fingerprint density at radius 1 is 0.727 bits per heavy atom. The molecule has 0 aromatic rings. The second-order valence-corrected chi connectivity index (χ2v) is 6.55. The Labute approximate surface area is 131 Å². The van der Waals surface area contributed by atoms with E-state index in [0.717, 1.165) is 51.4 Å². The van der Waals surface area contributed by atoms with Crippen LogP contribution >= 0.6 is 0 Å². The van der Waals surface area contributed by atoms with Gasteiger partial charge in [-0.3, -0.25) is 9.59 Å². The lowest BCUT2D eigenvalue weighted by Gasteiger charge is -2.29. The standard InChI is InChI=1S/C16H28N2O4/c19-13-7-3-1-5-11(13)17-15(21)9-10-16(22)18-12-6-2-4-8-14(12)20/h11-14,19-20H,1-10H2,(H,17,21)(H,18,22)/t11-,12+,13+,14-. The Balaban J connectivity index is 1.65. The molecule has 6 heteroatoms. The van der Waals surface area contributed by atoms with E-state index in [4.69, 9.17) is 0 Å². The van der Waals surface area contributed by atoms with Crippen molar-refractivity contribution >= 4 is 11.8 Å². The molecule has 0 spiro atoms. The third-order valence-corrected chi connectivity index (χ3v) is 4.73. The van der Waals surface area contributed by atoms with Crippen molar-refractivity contribution in [3.05, 3.63) is 0 Å². The van der Waals surface area contributed by atoms with E-state index in [1.165, 1.54) is 0 Å². The van der Waals surface area contributed by atoms with Crippen LogP contribution in [0.25, 0.3) is 0 Å². The zero-order valence-electron chi connectivity index (χ0n) is 13.1. The van der Waals surface area contributed by atoms with Crippen molar-refractivity contribution in [2.45, 2.75) is 88.5 Å². The van der Waals surface area contributed by atoms with Crippen molar-refractivity contribution < 1.29 is 19.8 Å². The van der Waals surface area contributed by atoms with Crippen molar-refractivity contribution in [2.75, 3.05) is 0 Å². The van der Waals surface area contributed by atoms with Crippen LogP contribution in [0.4, 0.5) is 0 Å². The smallest absolute Gasteiger partial charge is 0.220 e. The molecular formula is C16H28N2O4. The number of carbonyl (C=O) groups is 2. The number of hydrogen-bond acceptors (Lipinski definition) is 4. The Kier molecular flexibility index (Phi) is 6.64. The number of carbonyl (C=O) groups excluding carboxylic acids is 2. The lowest BCUT2D eigenvalue weighted by atomic mass is 9.92. The molecule has 22 heavy (non-hydrogen) atoms. The first kappa shape index (κ1) is 17.2. The fraction of sp³-hybridized carbons (Fsp3) is 0.875. The topological polar surface area (TPSA) is 98.7 Å². The van der Waals surface area contributed by atoms with E-state index in [9.17, 15) is 19.8 Å². The third kappa shape index (κ3) is 5.25. The van der Waals surface area contributed by atoms with Gasteiger partial charge in [-0.15, -0.1) is 0 Å². The zero-order valence-corrected chi connectivity index (χ0v) is 13.1. The first-order chi connectivity index (χ1) is 10.6. The molecule has 2 amide bonds. The van der Waals surface area contributed by atoms with Crippen LogP contribution in [0, 0.1) is 0 Å². The minimum absolute atomic E-state index is 0.123. The van der Waals surface area contributed by atoms with Gasteiger partial charge in [-0.25, -0.2) is 0 Å². The van der Waals surface area contributed by atoms with Gasteiger partial charge in [-0.1, -0.05) is 25.7 Å². The molecule has 126 valence electrons. The average molecular weight is 312 g/mol. The van der Waals surface area contributed by atoms with E-state index >= 15 is 0 Å². The van der Waals surface area contributed by atoms with E-state index in [-0.39, 0.29) is 36.7 Å². The molecule has 2 aliphatic carbocycles. The van der Waals surface area contributed by atoms with Crippen molar-refractivity contribution in [3.63, 3.8) is 0 Å². The van der Waals surface area contributed by atoms with Crippen LogP contribution in [0.3, 0.4) is 0 Å². The first-order valence-corrected chi connectivity index (χ1v) is 8.51. The molecule has 0 saturated heterocycles. The summed E-state index contributed by atoms with van der Waals surface area (Å²) in [5.74, 6) is -0.379. The van der Waals surface area contributed by atoms with Gasteiger partial charge in [0.05, 0.1) is 24.3 Å². The van der Waals surface area contributed by atoms with Crippen LogP contribution in [0.15, 0.2) is 0 Å². The van der Waals surface area contributed by atoms with Gasteiger partial charge in [-0.05, 0) is 25.7 Å². The highest BCUT2D eigenvalue weighted by atomic mass is 16.3. The summed E-state index contributed by atoms with van der Waals surface area (Å²) < 4.78 is 0. The minimum atomic E-state index is -0.469. The van der Waals surface area contributed by atoms with Gasteiger partial charge in [0, 0.05) is 12.8 Å². The van der Waals surface area contributed by atoms with Crippen LogP contribution < -0.4 is 10.6 Å². The molecule has 0 radical (unpaired) electrons. The van der Waals surface area contributed by atoms with Gasteiger partial charge >= 0.3 is 0 Å². The van der Waals surface area contributed by atoms with E-state index in [0.29, 0.717) is 0 Å². The maximum Gasteiger partial charge on any atom is 0.220 e. The molecule has 4 atom stereocenters. The molecule has 0 unspecified atom stereocenters. The predicted octanol–water partition coefficient (Wildman–Crippen LogP) is 0.606. The number of aliphatic hydroxyl groups is 2. The third-order valence-electron chi connectivity index (χ3n) is 4.73. The van der Waals surface area contributed by atoms with Crippen molar-refractivity contribution in [1.82, 2.24) is 10.6 Å². The van der Waals surface area contributed by atoms with Crippen LogP contribution in [-0.4, -0.2) is 46.3 Å².